The van der Waals surface area contributed by atoms with Crippen molar-refractivity contribution in [1.82, 2.24) is 9.78 Å². The molecule has 0 amide bonds. The zero-order chi connectivity index (χ0) is 16.7. The molecular formula is C19H26N2O2. The second-order valence-electron chi connectivity index (χ2n) is 6.03. The van der Waals surface area contributed by atoms with Crippen LogP contribution in [0.3, 0.4) is 0 Å². The molecule has 1 aromatic carbocycles. The SMILES string of the molecule is CCCCCCCCC(=O)c1c(C)[nH]n(-c2ccccc2)c1=O. The quantitative estimate of drug-likeness (QED) is 0.550. The number of carbonyl (C=O) groups excluding carboxylic acids is 1. The van der Waals surface area contributed by atoms with E-state index >= 15 is 0 Å². The van der Waals surface area contributed by atoms with Gasteiger partial charge in [0.25, 0.3) is 5.56 Å². The van der Waals surface area contributed by atoms with Crippen molar-refractivity contribution in [2.45, 2.75) is 58.8 Å². The minimum absolute atomic E-state index is 0.0473. The lowest BCUT2D eigenvalue weighted by atomic mass is 10.0. The molecule has 0 aliphatic heterocycles. The summed E-state index contributed by atoms with van der Waals surface area (Å²) in [5.74, 6) is -0.0473. The molecule has 4 heteroatoms. The van der Waals surface area contributed by atoms with Gasteiger partial charge in [0.1, 0.15) is 5.56 Å². The number of rotatable bonds is 9. The Bertz CT molecular complexity index is 683. The van der Waals surface area contributed by atoms with E-state index in [1.165, 1.54) is 30.4 Å². The maximum absolute atomic E-state index is 12.5. The predicted octanol–water partition coefficient (Wildman–Crippen LogP) is 4.41. The summed E-state index contributed by atoms with van der Waals surface area (Å²) in [6.45, 7) is 3.98. The van der Waals surface area contributed by atoms with E-state index in [4.69, 9.17) is 0 Å². The molecule has 2 rings (SSSR count). The number of aromatic amines is 1. The highest BCUT2D eigenvalue weighted by Crippen LogP contribution is 2.12. The van der Waals surface area contributed by atoms with Crippen LogP contribution in [0.2, 0.25) is 0 Å². The standard InChI is InChI=1S/C19H26N2O2/c1-3-4-5-6-7-11-14-17(22)18-15(2)20-21(19(18)23)16-12-9-8-10-13-16/h8-10,12-13,20H,3-7,11,14H2,1-2H3. The van der Waals surface area contributed by atoms with Crippen molar-refractivity contribution >= 4 is 5.78 Å². The number of nitrogens with zero attached hydrogens (tertiary/aromatic N) is 1. The van der Waals surface area contributed by atoms with Gasteiger partial charge >= 0.3 is 0 Å². The summed E-state index contributed by atoms with van der Waals surface area (Å²) in [5, 5.41) is 3.01. The Morgan fingerprint density at radius 1 is 1.04 bits per heavy atom. The van der Waals surface area contributed by atoms with Crippen LogP contribution in [-0.4, -0.2) is 15.6 Å². The molecule has 23 heavy (non-hydrogen) atoms. The van der Waals surface area contributed by atoms with E-state index in [0.717, 1.165) is 18.5 Å². The van der Waals surface area contributed by atoms with Crippen LogP contribution >= 0.6 is 0 Å². The van der Waals surface area contributed by atoms with Crippen molar-refractivity contribution in [3.05, 3.63) is 51.9 Å². The van der Waals surface area contributed by atoms with Crippen molar-refractivity contribution < 1.29 is 4.79 Å². The van der Waals surface area contributed by atoms with Crippen LogP contribution in [0.25, 0.3) is 5.69 Å². The van der Waals surface area contributed by atoms with E-state index in [0.29, 0.717) is 17.7 Å². The summed E-state index contributed by atoms with van der Waals surface area (Å²) in [6, 6.07) is 9.33. The number of nitrogens with one attached hydrogen (secondary N) is 1. The van der Waals surface area contributed by atoms with E-state index in [1.54, 1.807) is 6.92 Å². The Morgan fingerprint density at radius 2 is 1.70 bits per heavy atom. The molecule has 1 heterocycles. The Labute approximate surface area is 137 Å². The van der Waals surface area contributed by atoms with Gasteiger partial charge in [-0.25, -0.2) is 4.68 Å². The number of ketones is 1. The second-order valence-corrected chi connectivity index (χ2v) is 6.03. The van der Waals surface area contributed by atoms with Crippen molar-refractivity contribution in [3.8, 4) is 5.69 Å². The summed E-state index contributed by atoms with van der Waals surface area (Å²) in [5.41, 5.74) is 1.46. The van der Waals surface area contributed by atoms with Crippen LogP contribution in [0.4, 0.5) is 0 Å². The molecule has 1 aromatic heterocycles. The molecule has 0 saturated heterocycles. The number of H-pyrrole nitrogens is 1. The monoisotopic (exact) mass is 314 g/mol. The van der Waals surface area contributed by atoms with Gasteiger partial charge in [-0.15, -0.1) is 0 Å². The van der Waals surface area contributed by atoms with Gasteiger partial charge in [-0.2, -0.15) is 0 Å². The molecule has 0 unspecified atom stereocenters. The number of hydrogen-bond acceptors (Lipinski definition) is 2. The molecule has 0 saturated carbocycles. The van der Waals surface area contributed by atoms with E-state index in [-0.39, 0.29) is 11.3 Å². The van der Waals surface area contributed by atoms with Gasteiger partial charge in [0, 0.05) is 12.1 Å². The predicted molar refractivity (Wildman–Crippen MR) is 93.5 cm³/mol. The summed E-state index contributed by atoms with van der Waals surface area (Å²) >= 11 is 0. The number of Topliss-reactive ketones (excluding diaryl/α,β-unsaturated/α-hetero) is 1. The zero-order valence-electron chi connectivity index (χ0n) is 14.1. The molecule has 2 aromatic rings. The van der Waals surface area contributed by atoms with Gasteiger partial charge in [-0.1, -0.05) is 57.2 Å². The fourth-order valence-electron chi connectivity index (χ4n) is 2.82. The Balaban J connectivity index is 2.01. The Morgan fingerprint density at radius 3 is 2.39 bits per heavy atom. The van der Waals surface area contributed by atoms with Crippen molar-refractivity contribution in [2.24, 2.45) is 0 Å². The lowest BCUT2D eigenvalue weighted by Gasteiger charge is -2.00. The van der Waals surface area contributed by atoms with E-state index in [2.05, 4.69) is 12.0 Å². The number of para-hydroxylation sites is 1. The summed E-state index contributed by atoms with van der Waals surface area (Å²) in [4.78, 5) is 24.9. The highest BCUT2D eigenvalue weighted by molar-refractivity contribution is 5.96. The number of hydrogen-bond donors (Lipinski definition) is 1. The molecule has 1 N–H and O–H groups in total. The highest BCUT2D eigenvalue weighted by Gasteiger charge is 2.18. The van der Waals surface area contributed by atoms with E-state index < -0.39 is 0 Å². The van der Waals surface area contributed by atoms with Crippen LogP contribution in [0.5, 0.6) is 0 Å². The first kappa shape index (κ1) is 17.3. The van der Waals surface area contributed by atoms with Crippen LogP contribution in [0.15, 0.2) is 35.1 Å². The first-order valence-corrected chi connectivity index (χ1v) is 8.55. The molecule has 0 fully saturated rings. The molecule has 4 nitrogen and oxygen atoms in total. The minimum atomic E-state index is -0.246. The van der Waals surface area contributed by atoms with Gasteiger partial charge < -0.3 is 0 Å². The number of unbranched alkanes of at least 4 members (excludes halogenated alkanes) is 5. The van der Waals surface area contributed by atoms with Crippen LogP contribution in [-0.2, 0) is 0 Å². The average Bonchev–Trinajstić information content (AvgIpc) is 2.86. The van der Waals surface area contributed by atoms with Gasteiger partial charge in [-0.3, -0.25) is 14.7 Å². The van der Waals surface area contributed by atoms with Gasteiger partial charge in [-0.05, 0) is 25.5 Å². The highest BCUT2D eigenvalue weighted by atomic mass is 16.2. The average molecular weight is 314 g/mol. The lowest BCUT2D eigenvalue weighted by molar-refractivity contribution is 0.0977. The molecule has 0 bridgehead atoms. The third-order valence-corrected chi connectivity index (χ3v) is 4.12. The Hall–Kier alpha value is -2.10. The normalized spacial score (nSPS) is 10.9. The van der Waals surface area contributed by atoms with E-state index in [9.17, 15) is 9.59 Å². The number of carbonyl (C=O) groups is 1. The van der Waals surface area contributed by atoms with Crippen molar-refractivity contribution in [1.29, 1.82) is 0 Å². The van der Waals surface area contributed by atoms with Crippen LogP contribution in [0.1, 0.15) is 67.9 Å². The smallest absolute Gasteiger partial charge is 0.282 e. The molecule has 124 valence electrons. The zero-order valence-corrected chi connectivity index (χ0v) is 14.1. The topological polar surface area (TPSA) is 54.9 Å². The number of benzene rings is 1. The first-order valence-electron chi connectivity index (χ1n) is 8.55. The molecule has 0 atom stereocenters. The van der Waals surface area contributed by atoms with Gasteiger partial charge in [0.2, 0.25) is 0 Å². The Kier molecular flexibility index (Phi) is 6.39. The number of aryl methyl sites for hydroxylation is 1. The summed E-state index contributed by atoms with van der Waals surface area (Å²) in [7, 11) is 0. The third-order valence-electron chi connectivity index (χ3n) is 4.12. The minimum Gasteiger partial charge on any atom is -0.295 e. The lowest BCUT2D eigenvalue weighted by Crippen LogP contribution is -2.20. The van der Waals surface area contributed by atoms with Gasteiger partial charge in [0.05, 0.1) is 5.69 Å². The second kappa shape index (κ2) is 8.51. The molecule has 0 aliphatic rings. The molecular weight excluding hydrogens is 288 g/mol. The third kappa shape index (κ3) is 4.44. The van der Waals surface area contributed by atoms with Crippen LogP contribution in [0, 0.1) is 6.92 Å². The molecule has 0 aliphatic carbocycles. The summed E-state index contributed by atoms with van der Waals surface area (Å²) < 4.78 is 1.45. The first-order chi connectivity index (χ1) is 11.1. The maximum atomic E-state index is 12.5. The van der Waals surface area contributed by atoms with Crippen molar-refractivity contribution in [2.75, 3.05) is 0 Å². The van der Waals surface area contributed by atoms with Crippen molar-refractivity contribution in [3.63, 3.8) is 0 Å². The fourth-order valence-corrected chi connectivity index (χ4v) is 2.82. The molecule has 0 radical (unpaired) electrons. The maximum Gasteiger partial charge on any atom is 0.282 e. The summed E-state index contributed by atoms with van der Waals surface area (Å²) in [6.07, 6.45) is 7.25. The molecule has 0 spiro atoms. The number of aromatic nitrogens is 2. The van der Waals surface area contributed by atoms with Gasteiger partial charge in [0.15, 0.2) is 5.78 Å². The van der Waals surface area contributed by atoms with E-state index in [1.807, 2.05) is 30.3 Å². The fraction of sp³-hybridized carbons (Fsp3) is 0.474. The van der Waals surface area contributed by atoms with Crippen LogP contribution < -0.4 is 5.56 Å². The largest absolute Gasteiger partial charge is 0.295 e.